The highest BCUT2D eigenvalue weighted by molar-refractivity contribution is 7.99. The number of aryl methyl sites for hydroxylation is 1. The SMILES string of the molecule is CN1C(=O)CC[C@]2(C)c3ccc(Sc4nccc5ccccc45)cc3CCC12. The standard InChI is InChI=1S/C24H24N2OS/c1-24-13-11-22(27)26(2)21(24)10-7-17-15-18(8-9-20(17)24)28-23-19-6-4-3-5-16(19)12-14-25-23/h3-6,8-9,12,14-15,21H,7,10-11,13H2,1-2H3/t21?,24-/m1/s1. The van der Waals surface area contributed by atoms with E-state index in [1.165, 1.54) is 26.8 Å². The van der Waals surface area contributed by atoms with E-state index in [4.69, 9.17) is 0 Å². The Morgan fingerprint density at radius 2 is 2.00 bits per heavy atom. The molecule has 0 saturated carbocycles. The van der Waals surface area contributed by atoms with Crippen LogP contribution in [0.3, 0.4) is 0 Å². The molecule has 3 nitrogen and oxygen atoms in total. The lowest BCUT2D eigenvalue weighted by Gasteiger charge is -2.50. The quantitative estimate of drug-likeness (QED) is 0.604. The number of rotatable bonds is 2. The Balaban J connectivity index is 1.50. The molecule has 1 unspecified atom stereocenters. The van der Waals surface area contributed by atoms with E-state index in [1.807, 2.05) is 18.1 Å². The second-order valence-corrected chi connectivity index (χ2v) is 9.30. The van der Waals surface area contributed by atoms with E-state index in [2.05, 4.69) is 60.4 Å². The van der Waals surface area contributed by atoms with Crippen LogP contribution in [0.2, 0.25) is 0 Å². The second kappa shape index (κ2) is 6.63. The number of aromatic nitrogens is 1. The first-order valence-corrected chi connectivity index (χ1v) is 10.8. The van der Waals surface area contributed by atoms with E-state index in [1.54, 1.807) is 11.8 Å². The number of benzene rings is 2. The number of likely N-dealkylation sites (N-methyl/N-ethyl adjacent to an activating group) is 1. The summed E-state index contributed by atoms with van der Waals surface area (Å²) >= 11 is 1.74. The molecule has 2 atom stereocenters. The largest absolute Gasteiger partial charge is 0.342 e. The zero-order valence-corrected chi connectivity index (χ0v) is 17.1. The molecule has 5 rings (SSSR count). The minimum absolute atomic E-state index is 0.0666. The van der Waals surface area contributed by atoms with E-state index in [-0.39, 0.29) is 5.41 Å². The minimum atomic E-state index is 0.0666. The van der Waals surface area contributed by atoms with Gasteiger partial charge in [-0.1, -0.05) is 49.0 Å². The van der Waals surface area contributed by atoms with Crippen molar-refractivity contribution in [2.75, 3.05) is 7.05 Å². The van der Waals surface area contributed by atoms with Gasteiger partial charge in [0.1, 0.15) is 5.03 Å². The van der Waals surface area contributed by atoms with Crippen LogP contribution >= 0.6 is 11.8 Å². The average Bonchev–Trinajstić information content (AvgIpc) is 2.71. The Kier molecular flexibility index (Phi) is 4.20. The maximum atomic E-state index is 12.2. The fourth-order valence-electron chi connectivity index (χ4n) is 5.11. The van der Waals surface area contributed by atoms with Gasteiger partial charge in [0, 0.05) is 41.4 Å². The first-order valence-electron chi connectivity index (χ1n) is 9.97. The van der Waals surface area contributed by atoms with Crippen LogP contribution in [-0.4, -0.2) is 28.9 Å². The second-order valence-electron chi connectivity index (χ2n) is 8.23. The van der Waals surface area contributed by atoms with Crippen LogP contribution in [0.4, 0.5) is 0 Å². The maximum Gasteiger partial charge on any atom is 0.222 e. The molecule has 1 aromatic heterocycles. The smallest absolute Gasteiger partial charge is 0.222 e. The molecule has 1 saturated heterocycles. The van der Waals surface area contributed by atoms with Gasteiger partial charge < -0.3 is 4.90 Å². The van der Waals surface area contributed by atoms with Crippen LogP contribution in [0.25, 0.3) is 10.8 Å². The summed E-state index contributed by atoms with van der Waals surface area (Å²) in [5, 5.41) is 3.48. The average molecular weight is 389 g/mol. The molecular weight excluding hydrogens is 364 g/mol. The van der Waals surface area contributed by atoms with Gasteiger partial charge in [-0.25, -0.2) is 4.98 Å². The number of carbonyl (C=O) groups excluding carboxylic acids is 1. The summed E-state index contributed by atoms with van der Waals surface area (Å²) in [5.74, 6) is 0.292. The minimum Gasteiger partial charge on any atom is -0.342 e. The number of likely N-dealkylation sites (tertiary alicyclic amines) is 1. The molecular formula is C24H24N2OS. The lowest BCUT2D eigenvalue weighted by atomic mass is 9.63. The predicted molar refractivity (Wildman–Crippen MR) is 114 cm³/mol. The first kappa shape index (κ1) is 17.7. The van der Waals surface area contributed by atoms with Crippen molar-refractivity contribution in [3.05, 3.63) is 65.9 Å². The lowest BCUT2D eigenvalue weighted by molar-refractivity contribution is -0.138. The summed E-state index contributed by atoms with van der Waals surface area (Å²) in [4.78, 5) is 20.0. The third-order valence-corrected chi connectivity index (χ3v) is 7.69. The van der Waals surface area contributed by atoms with Crippen LogP contribution in [0.15, 0.2) is 64.6 Å². The molecule has 1 aliphatic heterocycles. The van der Waals surface area contributed by atoms with E-state index >= 15 is 0 Å². The number of fused-ring (bicyclic) bond motifs is 4. The van der Waals surface area contributed by atoms with Gasteiger partial charge in [-0.2, -0.15) is 0 Å². The molecule has 0 radical (unpaired) electrons. The number of carbonyl (C=O) groups is 1. The fraction of sp³-hybridized carbons (Fsp3) is 0.333. The normalized spacial score (nSPS) is 24.1. The molecule has 2 aromatic carbocycles. The monoisotopic (exact) mass is 388 g/mol. The zero-order valence-electron chi connectivity index (χ0n) is 16.3. The van der Waals surface area contributed by atoms with Crippen LogP contribution in [-0.2, 0) is 16.6 Å². The van der Waals surface area contributed by atoms with Gasteiger partial charge in [-0.15, -0.1) is 0 Å². The van der Waals surface area contributed by atoms with E-state index < -0.39 is 0 Å². The highest BCUT2D eigenvalue weighted by Gasteiger charge is 2.46. The van der Waals surface area contributed by atoms with Gasteiger partial charge >= 0.3 is 0 Å². The van der Waals surface area contributed by atoms with Crippen molar-refractivity contribution in [3.8, 4) is 0 Å². The van der Waals surface area contributed by atoms with Crippen LogP contribution in [0, 0.1) is 0 Å². The molecule has 0 bridgehead atoms. The summed E-state index contributed by atoms with van der Waals surface area (Å²) in [6.07, 6.45) is 5.57. The fourth-order valence-corrected chi connectivity index (χ4v) is 6.08. The lowest BCUT2D eigenvalue weighted by Crippen LogP contribution is -2.56. The number of nitrogens with zero attached hydrogens (tertiary/aromatic N) is 2. The number of piperidine rings is 1. The van der Waals surface area contributed by atoms with E-state index in [0.29, 0.717) is 18.4 Å². The molecule has 1 amide bonds. The van der Waals surface area contributed by atoms with Gasteiger partial charge in [0.2, 0.25) is 5.91 Å². The molecule has 2 aliphatic rings. The Hall–Kier alpha value is -2.33. The zero-order chi connectivity index (χ0) is 19.3. The van der Waals surface area contributed by atoms with Gasteiger partial charge in [0.05, 0.1) is 0 Å². The Morgan fingerprint density at radius 1 is 1.14 bits per heavy atom. The van der Waals surface area contributed by atoms with Crippen LogP contribution < -0.4 is 0 Å². The molecule has 28 heavy (non-hydrogen) atoms. The molecule has 4 heteroatoms. The molecule has 3 aromatic rings. The Labute approximate surface area is 170 Å². The molecule has 1 fully saturated rings. The van der Waals surface area contributed by atoms with Crippen molar-refractivity contribution in [2.24, 2.45) is 0 Å². The van der Waals surface area contributed by atoms with E-state index in [0.717, 1.165) is 24.3 Å². The first-order chi connectivity index (χ1) is 13.6. The maximum absolute atomic E-state index is 12.2. The molecule has 0 N–H and O–H groups in total. The summed E-state index contributed by atoms with van der Waals surface area (Å²) in [6, 6.07) is 17.7. The number of pyridine rings is 1. The van der Waals surface area contributed by atoms with Crippen molar-refractivity contribution < 1.29 is 4.79 Å². The topological polar surface area (TPSA) is 33.2 Å². The summed E-state index contributed by atoms with van der Waals surface area (Å²) in [5.41, 5.74) is 2.93. The van der Waals surface area contributed by atoms with Crippen molar-refractivity contribution >= 4 is 28.4 Å². The summed E-state index contributed by atoms with van der Waals surface area (Å²) in [6.45, 7) is 2.34. The number of hydrogen-bond donors (Lipinski definition) is 0. The van der Waals surface area contributed by atoms with Crippen molar-refractivity contribution in [1.82, 2.24) is 9.88 Å². The molecule has 1 aliphatic carbocycles. The molecule has 0 spiro atoms. The number of hydrogen-bond acceptors (Lipinski definition) is 3. The third kappa shape index (κ3) is 2.74. The molecule has 2 heterocycles. The third-order valence-electron chi connectivity index (χ3n) is 6.69. The predicted octanol–water partition coefficient (Wildman–Crippen LogP) is 5.21. The van der Waals surface area contributed by atoms with Gasteiger partial charge in [0.25, 0.3) is 0 Å². The Morgan fingerprint density at radius 3 is 2.89 bits per heavy atom. The highest BCUT2D eigenvalue weighted by Crippen LogP contribution is 2.46. The summed E-state index contributed by atoms with van der Waals surface area (Å²) < 4.78 is 0. The van der Waals surface area contributed by atoms with Gasteiger partial charge in [-0.3, -0.25) is 4.79 Å². The van der Waals surface area contributed by atoms with Gasteiger partial charge in [-0.05, 0) is 54.0 Å². The molecule has 142 valence electrons. The summed E-state index contributed by atoms with van der Waals surface area (Å²) in [7, 11) is 1.98. The highest BCUT2D eigenvalue weighted by atomic mass is 32.2. The van der Waals surface area contributed by atoms with Crippen LogP contribution in [0.5, 0.6) is 0 Å². The number of amides is 1. The van der Waals surface area contributed by atoms with Gasteiger partial charge in [0.15, 0.2) is 0 Å². The van der Waals surface area contributed by atoms with Crippen LogP contribution in [0.1, 0.15) is 37.3 Å². The van der Waals surface area contributed by atoms with Crippen molar-refractivity contribution in [3.63, 3.8) is 0 Å². The van der Waals surface area contributed by atoms with Crippen molar-refractivity contribution in [1.29, 1.82) is 0 Å². The van der Waals surface area contributed by atoms with E-state index in [9.17, 15) is 4.79 Å². The van der Waals surface area contributed by atoms with Crippen molar-refractivity contribution in [2.45, 2.75) is 54.0 Å². The Bertz CT molecular complexity index is 1070.